The van der Waals surface area contributed by atoms with Gasteiger partial charge < -0.3 is 14.9 Å². The molecule has 0 aromatic heterocycles. The third-order valence-corrected chi connectivity index (χ3v) is 3.82. The van der Waals surface area contributed by atoms with Crippen LogP contribution in [0.15, 0.2) is 6.07 Å². The summed E-state index contributed by atoms with van der Waals surface area (Å²) >= 11 is 6.22. The molecule has 0 amide bonds. The summed E-state index contributed by atoms with van der Waals surface area (Å²) < 4.78 is 5.35. The van der Waals surface area contributed by atoms with E-state index in [0.29, 0.717) is 12.8 Å². The van der Waals surface area contributed by atoms with Crippen LogP contribution in [0.5, 0.6) is 5.75 Å². The van der Waals surface area contributed by atoms with E-state index in [1.54, 1.807) is 14.0 Å². The molecule has 1 rings (SSSR count). The van der Waals surface area contributed by atoms with Crippen molar-refractivity contribution in [1.82, 2.24) is 0 Å². The lowest BCUT2D eigenvalue weighted by Gasteiger charge is -2.18. The molecule has 1 aromatic rings. The SMILES string of the molecule is COc1cc(C)c(Cl)c(C)c1CCC(O)C(C)O. The smallest absolute Gasteiger partial charge is 0.122 e. The average molecular weight is 273 g/mol. The van der Waals surface area contributed by atoms with Crippen LogP contribution < -0.4 is 4.74 Å². The Labute approximate surface area is 113 Å². The number of halogens is 1. The summed E-state index contributed by atoms with van der Waals surface area (Å²) in [5, 5.41) is 19.7. The van der Waals surface area contributed by atoms with Crippen LogP contribution in [0.4, 0.5) is 0 Å². The predicted octanol–water partition coefficient (Wildman–Crippen LogP) is 2.64. The van der Waals surface area contributed by atoms with Gasteiger partial charge in [0, 0.05) is 5.02 Å². The number of aryl methyl sites for hydroxylation is 1. The number of benzene rings is 1. The summed E-state index contributed by atoms with van der Waals surface area (Å²) in [5.41, 5.74) is 2.95. The lowest BCUT2D eigenvalue weighted by molar-refractivity contribution is 0.0264. The molecule has 0 spiro atoms. The fourth-order valence-electron chi connectivity index (χ4n) is 1.99. The third-order valence-electron chi connectivity index (χ3n) is 3.24. The van der Waals surface area contributed by atoms with Crippen molar-refractivity contribution in [3.8, 4) is 5.75 Å². The molecule has 102 valence electrons. The molecule has 0 radical (unpaired) electrons. The lowest BCUT2D eigenvalue weighted by Crippen LogP contribution is -2.23. The lowest BCUT2D eigenvalue weighted by atomic mass is 9.97. The fourth-order valence-corrected chi connectivity index (χ4v) is 2.16. The molecule has 0 aliphatic heterocycles. The Morgan fingerprint density at radius 2 is 1.94 bits per heavy atom. The minimum Gasteiger partial charge on any atom is -0.496 e. The quantitative estimate of drug-likeness (QED) is 0.866. The molecule has 3 nitrogen and oxygen atoms in total. The van der Waals surface area contributed by atoms with E-state index < -0.39 is 12.2 Å². The molecule has 0 aliphatic carbocycles. The van der Waals surface area contributed by atoms with Gasteiger partial charge in [-0.1, -0.05) is 11.6 Å². The van der Waals surface area contributed by atoms with Crippen molar-refractivity contribution in [2.24, 2.45) is 0 Å². The molecule has 0 bridgehead atoms. The second kappa shape index (κ2) is 6.41. The van der Waals surface area contributed by atoms with Crippen molar-refractivity contribution in [3.63, 3.8) is 0 Å². The zero-order valence-electron chi connectivity index (χ0n) is 11.3. The molecule has 0 aliphatic rings. The Balaban J connectivity index is 2.97. The highest BCUT2D eigenvalue weighted by Gasteiger charge is 2.16. The first-order valence-corrected chi connectivity index (χ1v) is 6.45. The highest BCUT2D eigenvalue weighted by Crippen LogP contribution is 2.32. The molecule has 0 heterocycles. The van der Waals surface area contributed by atoms with Crippen LogP contribution in [0.25, 0.3) is 0 Å². The maximum Gasteiger partial charge on any atom is 0.122 e. The monoisotopic (exact) mass is 272 g/mol. The van der Waals surface area contributed by atoms with Gasteiger partial charge in [0.2, 0.25) is 0 Å². The molecular weight excluding hydrogens is 252 g/mol. The van der Waals surface area contributed by atoms with Crippen molar-refractivity contribution >= 4 is 11.6 Å². The summed E-state index contributed by atoms with van der Waals surface area (Å²) in [7, 11) is 1.62. The zero-order chi connectivity index (χ0) is 13.9. The number of methoxy groups -OCH3 is 1. The van der Waals surface area contributed by atoms with Crippen LogP contribution in [0.3, 0.4) is 0 Å². The Morgan fingerprint density at radius 3 is 2.44 bits per heavy atom. The number of ether oxygens (including phenoxy) is 1. The van der Waals surface area contributed by atoms with E-state index in [9.17, 15) is 10.2 Å². The molecular formula is C14H21ClO3. The minimum absolute atomic E-state index is 0.480. The highest BCUT2D eigenvalue weighted by molar-refractivity contribution is 6.32. The van der Waals surface area contributed by atoms with Gasteiger partial charge in [-0.25, -0.2) is 0 Å². The second-order valence-corrected chi connectivity index (χ2v) is 5.04. The molecule has 0 fully saturated rings. The van der Waals surface area contributed by atoms with Gasteiger partial charge in [0.1, 0.15) is 5.75 Å². The molecule has 2 N–H and O–H groups in total. The Hall–Kier alpha value is -0.770. The van der Waals surface area contributed by atoms with E-state index in [4.69, 9.17) is 16.3 Å². The summed E-state index contributed by atoms with van der Waals surface area (Å²) in [4.78, 5) is 0. The zero-order valence-corrected chi connectivity index (χ0v) is 12.1. The van der Waals surface area contributed by atoms with Gasteiger partial charge in [-0.3, -0.25) is 0 Å². The number of aliphatic hydroxyl groups excluding tert-OH is 2. The first kappa shape index (κ1) is 15.3. The van der Waals surface area contributed by atoms with E-state index >= 15 is 0 Å². The summed E-state index contributed by atoms with van der Waals surface area (Å²) in [6.07, 6.45) is -0.346. The van der Waals surface area contributed by atoms with Gasteiger partial charge in [0.15, 0.2) is 0 Å². The predicted molar refractivity (Wildman–Crippen MR) is 73.5 cm³/mol. The number of hydrogen-bond acceptors (Lipinski definition) is 3. The van der Waals surface area contributed by atoms with Gasteiger partial charge in [0.05, 0.1) is 19.3 Å². The standard InChI is InChI=1S/C14H21ClO3/c1-8-7-13(18-4)11(9(2)14(8)15)5-6-12(17)10(3)16/h7,10,12,16-17H,5-6H2,1-4H3. The van der Waals surface area contributed by atoms with Crippen molar-refractivity contribution < 1.29 is 14.9 Å². The normalized spacial score (nSPS) is 14.4. The summed E-state index contributed by atoms with van der Waals surface area (Å²) in [6.45, 7) is 5.46. The highest BCUT2D eigenvalue weighted by atomic mass is 35.5. The van der Waals surface area contributed by atoms with Crippen LogP contribution in [0, 0.1) is 13.8 Å². The van der Waals surface area contributed by atoms with Crippen molar-refractivity contribution in [1.29, 1.82) is 0 Å². The first-order valence-electron chi connectivity index (χ1n) is 6.07. The largest absolute Gasteiger partial charge is 0.496 e. The van der Waals surface area contributed by atoms with Gasteiger partial charge in [-0.15, -0.1) is 0 Å². The van der Waals surface area contributed by atoms with Gasteiger partial charge >= 0.3 is 0 Å². The van der Waals surface area contributed by atoms with Crippen LogP contribution in [0.1, 0.15) is 30.0 Å². The topological polar surface area (TPSA) is 49.7 Å². The summed E-state index contributed by atoms with van der Waals surface area (Å²) in [5.74, 6) is 0.784. The first-order chi connectivity index (χ1) is 8.38. The Kier molecular flexibility index (Phi) is 5.45. The third kappa shape index (κ3) is 3.37. The molecule has 0 saturated heterocycles. The van der Waals surface area contributed by atoms with Crippen molar-refractivity contribution in [2.45, 2.75) is 45.8 Å². The van der Waals surface area contributed by atoms with E-state index in [-0.39, 0.29) is 0 Å². The Bertz CT molecular complexity index is 416. The van der Waals surface area contributed by atoms with Crippen LogP contribution in [-0.2, 0) is 6.42 Å². The maximum absolute atomic E-state index is 9.64. The van der Waals surface area contributed by atoms with Gasteiger partial charge in [-0.2, -0.15) is 0 Å². The second-order valence-electron chi connectivity index (χ2n) is 4.66. The maximum atomic E-state index is 9.64. The molecule has 1 aromatic carbocycles. The molecule has 18 heavy (non-hydrogen) atoms. The van der Waals surface area contributed by atoms with Crippen molar-refractivity contribution in [2.75, 3.05) is 7.11 Å². The number of aliphatic hydroxyl groups is 2. The van der Waals surface area contributed by atoms with Crippen LogP contribution in [0.2, 0.25) is 5.02 Å². The Morgan fingerprint density at radius 1 is 1.33 bits per heavy atom. The molecule has 0 saturated carbocycles. The van der Waals surface area contributed by atoms with E-state index in [0.717, 1.165) is 27.5 Å². The van der Waals surface area contributed by atoms with Crippen LogP contribution in [-0.4, -0.2) is 29.5 Å². The van der Waals surface area contributed by atoms with Gasteiger partial charge in [0.25, 0.3) is 0 Å². The summed E-state index contributed by atoms with van der Waals surface area (Å²) in [6, 6.07) is 1.90. The van der Waals surface area contributed by atoms with Gasteiger partial charge in [-0.05, 0) is 56.4 Å². The fraction of sp³-hybridized carbons (Fsp3) is 0.571. The molecule has 2 atom stereocenters. The molecule has 4 heteroatoms. The van der Waals surface area contributed by atoms with E-state index in [1.807, 2.05) is 19.9 Å². The molecule has 2 unspecified atom stereocenters. The average Bonchev–Trinajstić information content (AvgIpc) is 2.33. The number of hydrogen-bond donors (Lipinski definition) is 2. The van der Waals surface area contributed by atoms with Crippen molar-refractivity contribution in [3.05, 3.63) is 27.8 Å². The van der Waals surface area contributed by atoms with E-state index in [1.165, 1.54) is 0 Å². The minimum atomic E-state index is -0.728. The van der Waals surface area contributed by atoms with E-state index in [2.05, 4.69) is 0 Å². The number of rotatable bonds is 5. The van der Waals surface area contributed by atoms with Crippen LogP contribution >= 0.6 is 11.6 Å².